The first-order chi connectivity index (χ1) is 6.15. The number of halogens is 1. The van der Waals surface area contributed by atoms with Crippen LogP contribution in [0.5, 0.6) is 0 Å². The predicted molar refractivity (Wildman–Crippen MR) is 50.8 cm³/mol. The van der Waals surface area contributed by atoms with Crippen molar-refractivity contribution in [1.82, 2.24) is 0 Å². The third-order valence-electron chi connectivity index (χ3n) is 1.31. The van der Waals surface area contributed by atoms with Crippen molar-refractivity contribution in [3.63, 3.8) is 0 Å². The number of carboxylic acid groups (broad SMARTS) is 1. The number of carbonyl (C=O) groups is 2. The van der Waals surface area contributed by atoms with Crippen molar-refractivity contribution in [1.29, 1.82) is 0 Å². The second kappa shape index (κ2) is 4.25. The van der Waals surface area contributed by atoms with Gasteiger partial charge in [-0.3, -0.25) is 4.90 Å². The summed E-state index contributed by atoms with van der Waals surface area (Å²) in [6.07, 6.45) is -0.632. The van der Waals surface area contributed by atoms with E-state index in [1.807, 2.05) is 0 Å². The highest BCUT2D eigenvalue weighted by Gasteiger charge is 2.15. The molecule has 0 fully saturated rings. The van der Waals surface area contributed by atoms with Crippen molar-refractivity contribution < 1.29 is 14.7 Å². The fourth-order valence-electron chi connectivity index (χ4n) is 0.787. The summed E-state index contributed by atoms with van der Waals surface area (Å²) in [5.41, 5.74) is 0. The molecular weight excluding hydrogens is 214 g/mol. The first kappa shape index (κ1) is 10.0. The van der Waals surface area contributed by atoms with E-state index in [0.29, 0.717) is 15.6 Å². The van der Waals surface area contributed by atoms with Crippen molar-refractivity contribution in [2.75, 3.05) is 11.4 Å². The van der Waals surface area contributed by atoms with Crippen LogP contribution in [0.25, 0.3) is 0 Å². The highest BCUT2D eigenvalue weighted by Crippen LogP contribution is 2.29. The lowest BCUT2D eigenvalue weighted by Gasteiger charge is -2.12. The van der Waals surface area contributed by atoms with Gasteiger partial charge in [0, 0.05) is 0 Å². The number of nitrogens with zero attached hydrogens (tertiary/aromatic N) is 1. The number of hydrogen-bond donors (Lipinski definition) is 1. The molecule has 0 saturated carbocycles. The molecule has 0 bridgehead atoms. The standard InChI is InChI=1S/C7H6ClNO3S/c8-5-1-2-6(13-5)9(3-4-10)7(11)12/h1-2,4H,3H2,(H,11,12). The first-order valence-electron chi connectivity index (χ1n) is 3.34. The number of thiophene rings is 1. The molecule has 4 nitrogen and oxygen atoms in total. The van der Waals surface area contributed by atoms with E-state index in [0.717, 1.165) is 16.2 Å². The molecule has 1 rings (SSSR count). The van der Waals surface area contributed by atoms with Crippen LogP contribution in [0.4, 0.5) is 9.80 Å². The molecule has 0 saturated heterocycles. The largest absolute Gasteiger partial charge is 0.465 e. The van der Waals surface area contributed by atoms with Crippen LogP contribution < -0.4 is 4.90 Å². The Kier molecular flexibility index (Phi) is 3.27. The maximum absolute atomic E-state index is 10.6. The minimum absolute atomic E-state index is 0.174. The molecule has 1 heterocycles. The van der Waals surface area contributed by atoms with Crippen LogP contribution in [0.1, 0.15) is 0 Å². The van der Waals surface area contributed by atoms with Crippen LogP contribution in [0.3, 0.4) is 0 Å². The average molecular weight is 220 g/mol. The number of anilines is 1. The van der Waals surface area contributed by atoms with Crippen molar-refractivity contribution >= 4 is 40.3 Å². The number of carbonyl (C=O) groups excluding carboxylic acids is 1. The van der Waals surface area contributed by atoms with E-state index in [2.05, 4.69) is 0 Å². The average Bonchev–Trinajstić information content (AvgIpc) is 2.46. The van der Waals surface area contributed by atoms with Crippen LogP contribution in [0.15, 0.2) is 12.1 Å². The van der Waals surface area contributed by atoms with Gasteiger partial charge in [-0.05, 0) is 12.1 Å². The van der Waals surface area contributed by atoms with Gasteiger partial charge in [-0.2, -0.15) is 0 Å². The Morgan fingerprint density at radius 2 is 2.38 bits per heavy atom. The molecule has 0 aromatic carbocycles. The summed E-state index contributed by atoms with van der Waals surface area (Å²) in [6, 6.07) is 3.15. The van der Waals surface area contributed by atoms with E-state index in [-0.39, 0.29) is 6.54 Å². The molecule has 0 unspecified atom stereocenters. The molecule has 0 aliphatic rings. The number of aldehydes is 1. The first-order valence-corrected chi connectivity index (χ1v) is 4.54. The zero-order valence-electron chi connectivity index (χ0n) is 6.44. The van der Waals surface area contributed by atoms with E-state index >= 15 is 0 Å². The monoisotopic (exact) mass is 219 g/mol. The third kappa shape index (κ3) is 2.43. The zero-order chi connectivity index (χ0) is 9.84. The van der Waals surface area contributed by atoms with Crippen molar-refractivity contribution in [3.05, 3.63) is 16.5 Å². The Morgan fingerprint density at radius 1 is 1.69 bits per heavy atom. The molecule has 70 valence electrons. The molecular formula is C7H6ClNO3S. The second-order valence-corrected chi connectivity index (χ2v) is 3.83. The topological polar surface area (TPSA) is 57.6 Å². The zero-order valence-corrected chi connectivity index (χ0v) is 8.01. The van der Waals surface area contributed by atoms with Crippen LogP contribution in [-0.2, 0) is 4.79 Å². The quantitative estimate of drug-likeness (QED) is 0.792. The number of rotatable bonds is 3. The summed E-state index contributed by atoms with van der Waals surface area (Å²) < 4.78 is 0.493. The molecule has 6 heteroatoms. The maximum atomic E-state index is 10.6. The Hall–Kier alpha value is -1.07. The Balaban J connectivity index is 2.87. The van der Waals surface area contributed by atoms with Crippen LogP contribution in [-0.4, -0.2) is 24.0 Å². The molecule has 1 amide bonds. The Labute approximate surface area is 83.3 Å². The minimum Gasteiger partial charge on any atom is -0.465 e. The van der Waals surface area contributed by atoms with Crippen molar-refractivity contribution in [2.45, 2.75) is 0 Å². The molecule has 13 heavy (non-hydrogen) atoms. The van der Waals surface area contributed by atoms with Gasteiger partial charge in [0.2, 0.25) is 0 Å². The summed E-state index contributed by atoms with van der Waals surface area (Å²) in [4.78, 5) is 21.7. The van der Waals surface area contributed by atoms with Gasteiger partial charge in [0.25, 0.3) is 0 Å². The lowest BCUT2D eigenvalue weighted by atomic mass is 10.5. The Bertz CT molecular complexity index is 325. The van der Waals surface area contributed by atoms with Gasteiger partial charge in [0.05, 0.1) is 10.9 Å². The van der Waals surface area contributed by atoms with E-state index in [1.165, 1.54) is 0 Å². The molecule has 1 N–H and O–H groups in total. The van der Waals surface area contributed by atoms with E-state index in [4.69, 9.17) is 16.7 Å². The molecule has 1 aromatic heterocycles. The van der Waals surface area contributed by atoms with E-state index in [9.17, 15) is 9.59 Å². The lowest BCUT2D eigenvalue weighted by molar-refractivity contribution is -0.106. The molecule has 0 aliphatic heterocycles. The maximum Gasteiger partial charge on any atom is 0.412 e. The smallest absolute Gasteiger partial charge is 0.412 e. The van der Waals surface area contributed by atoms with Gasteiger partial charge in [-0.25, -0.2) is 4.79 Å². The predicted octanol–water partition coefficient (Wildman–Crippen LogP) is 2.08. The minimum atomic E-state index is -1.16. The summed E-state index contributed by atoms with van der Waals surface area (Å²) in [7, 11) is 0. The highest BCUT2D eigenvalue weighted by atomic mass is 35.5. The van der Waals surface area contributed by atoms with Crippen LogP contribution in [0, 0.1) is 0 Å². The van der Waals surface area contributed by atoms with Gasteiger partial charge >= 0.3 is 6.09 Å². The third-order valence-corrected chi connectivity index (χ3v) is 2.57. The van der Waals surface area contributed by atoms with Crippen molar-refractivity contribution in [2.24, 2.45) is 0 Å². The SMILES string of the molecule is O=CCN(C(=O)O)c1ccc(Cl)s1. The van der Waals surface area contributed by atoms with Crippen LogP contribution >= 0.6 is 22.9 Å². The molecule has 1 aromatic rings. The molecule has 0 radical (unpaired) electrons. The number of amides is 1. The normalized spacial score (nSPS) is 9.62. The second-order valence-electron chi connectivity index (χ2n) is 2.14. The summed E-state index contributed by atoms with van der Waals surface area (Å²) >= 11 is 6.74. The van der Waals surface area contributed by atoms with Crippen molar-refractivity contribution in [3.8, 4) is 0 Å². The van der Waals surface area contributed by atoms with Crippen LogP contribution in [0.2, 0.25) is 4.34 Å². The fourth-order valence-corrected chi connectivity index (χ4v) is 1.82. The van der Waals surface area contributed by atoms with E-state index in [1.54, 1.807) is 12.1 Å². The molecule has 0 atom stereocenters. The summed E-state index contributed by atoms with van der Waals surface area (Å²) in [5, 5.41) is 9.15. The fraction of sp³-hybridized carbons (Fsp3) is 0.143. The van der Waals surface area contributed by atoms with Gasteiger partial charge in [-0.1, -0.05) is 11.6 Å². The van der Waals surface area contributed by atoms with E-state index < -0.39 is 6.09 Å². The molecule has 0 spiro atoms. The van der Waals surface area contributed by atoms with Gasteiger partial charge in [0.15, 0.2) is 0 Å². The number of hydrogen-bond acceptors (Lipinski definition) is 3. The summed E-state index contributed by atoms with van der Waals surface area (Å²) in [6.45, 7) is -0.174. The lowest BCUT2D eigenvalue weighted by Crippen LogP contribution is -2.30. The van der Waals surface area contributed by atoms with Gasteiger partial charge in [0.1, 0.15) is 11.3 Å². The van der Waals surface area contributed by atoms with Gasteiger partial charge < -0.3 is 9.90 Å². The van der Waals surface area contributed by atoms with Gasteiger partial charge in [-0.15, -0.1) is 11.3 Å². The Morgan fingerprint density at radius 3 is 2.77 bits per heavy atom. The highest BCUT2D eigenvalue weighted by molar-refractivity contribution is 7.20. The molecule has 0 aliphatic carbocycles. The summed E-state index contributed by atoms with van der Waals surface area (Å²) in [5.74, 6) is 0.